The van der Waals surface area contributed by atoms with E-state index in [1.54, 1.807) is 0 Å². The van der Waals surface area contributed by atoms with Crippen LogP contribution in [0, 0.1) is 5.41 Å². The van der Waals surface area contributed by atoms with Crippen LogP contribution in [-0.2, 0) is 50.7 Å². The number of imidazole rings is 1. The molecule has 1 saturated heterocycles. The number of ether oxygens (including phenoxy) is 1. The number of allylic oxidation sites excluding steroid dienone is 4. The Morgan fingerprint density at radius 1 is 0.969 bits per heavy atom. The quantitative estimate of drug-likeness (QED) is 0.0410. The molecule has 0 spiro atoms. The Balaban J connectivity index is 1.35. The summed E-state index contributed by atoms with van der Waals surface area (Å²) < 4.78 is 60.7. The number of amides is 2. The monoisotopic (exact) mass is 983 g/mol. The second-order valence-corrected chi connectivity index (χ2v) is 20.3. The molecule has 7 atom stereocenters. The van der Waals surface area contributed by atoms with Crippen molar-refractivity contribution in [1.82, 2.24) is 30.2 Å². The van der Waals surface area contributed by atoms with Crippen molar-refractivity contribution in [3.8, 4) is 0 Å². The molecular formula is C36H56N7O17P3S-4. The fourth-order valence-electron chi connectivity index (χ4n) is 5.96. The predicted molar refractivity (Wildman–Crippen MR) is 224 cm³/mol. The van der Waals surface area contributed by atoms with Gasteiger partial charge in [-0.25, -0.2) is 19.3 Å². The van der Waals surface area contributed by atoms with Gasteiger partial charge in [0.2, 0.25) is 11.8 Å². The molecule has 3 rings (SSSR count). The van der Waals surface area contributed by atoms with E-state index in [0.717, 1.165) is 80.4 Å². The first-order valence-corrected chi connectivity index (χ1v) is 25.7. The number of aromatic nitrogens is 4. The summed E-state index contributed by atoms with van der Waals surface area (Å²) in [5.41, 5.74) is 4.08. The number of nitrogens with zero attached hydrogens (tertiary/aromatic N) is 4. The molecular weight excluding hydrogens is 927 g/mol. The summed E-state index contributed by atoms with van der Waals surface area (Å²) in [7, 11) is -17.6. The topological polar surface area (TPSA) is 375 Å². The maximum Gasteiger partial charge on any atom is 0.274 e. The molecule has 24 nitrogen and oxygen atoms in total. The van der Waals surface area contributed by atoms with Gasteiger partial charge in [-0.2, -0.15) is 0 Å². The molecule has 0 aliphatic carbocycles. The van der Waals surface area contributed by atoms with E-state index in [-0.39, 0.29) is 41.6 Å². The molecule has 2 aromatic rings. The molecule has 28 heteroatoms. The van der Waals surface area contributed by atoms with Crippen molar-refractivity contribution >= 4 is 69.1 Å². The molecule has 6 N–H and O–H groups in total. The van der Waals surface area contributed by atoms with E-state index in [4.69, 9.17) is 10.5 Å². The Morgan fingerprint density at radius 3 is 2.38 bits per heavy atom. The van der Waals surface area contributed by atoms with Gasteiger partial charge in [0.15, 0.2) is 22.8 Å². The molecule has 0 bridgehead atoms. The molecule has 0 radical (unpaired) electrons. The second-order valence-electron chi connectivity index (χ2n) is 15.1. The third-order valence-corrected chi connectivity index (χ3v) is 13.3. The van der Waals surface area contributed by atoms with Crippen molar-refractivity contribution in [2.45, 2.75) is 116 Å². The fraction of sp³-hybridized carbons (Fsp3) is 0.667. The minimum atomic E-state index is -5.92. The van der Waals surface area contributed by atoms with E-state index in [1.807, 2.05) is 0 Å². The number of nitrogens with one attached hydrogen (secondary N) is 2. The van der Waals surface area contributed by atoms with Crippen LogP contribution in [0.25, 0.3) is 11.2 Å². The lowest BCUT2D eigenvalue weighted by molar-refractivity contribution is -0.347. The third kappa shape index (κ3) is 19.5. The smallest absolute Gasteiger partial charge is 0.274 e. The van der Waals surface area contributed by atoms with Gasteiger partial charge in [-0.05, 0) is 32.1 Å². The average Bonchev–Trinajstić information content (AvgIpc) is 3.78. The van der Waals surface area contributed by atoms with Crippen LogP contribution in [0.4, 0.5) is 5.82 Å². The zero-order chi connectivity index (χ0) is 47.6. The van der Waals surface area contributed by atoms with Crippen LogP contribution >= 0.6 is 35.2 Å². The summed E-state index contributed by atoms with van der Waals surface area (Å²) in [5.74, 6) is -1.15. The Labute approximate surface area is 374 Å². The predicted octanol–water partition coefficient (Wildman–Crippen LogP) is 0.780. The number of unbranched alkanes of at least 4 members (excludes halogenated alkanes) is 5. The highest BCUT2D eigenvalue weighted by Crippen LogP contribution is 2.56. The lowest BCUT2D eigenvalue weighted by atomic mass is 9.87. The number of phosphoric ester groups is 3. The summed E-state index contributed by atoms with van der Waals surface area (Å²) in [6.45, 7) is 2.25. The first-order chi connectivity index (χ1) is 30.1. The Morgan fingerprint density at radius 2 is 1.66 bits per heavy atom. The lowest BCUT2D eigenvalue weighted by Crippen LogP contribution is -2.46. The summed E-state index contributed by atoms with van der Waals surface area (Å²) in [5, 5.41) is 26.4. The molecule has 362 valence electrons. The van der Waals surface area contributed by atoms with E-state index in [1.165, 1.54) is 13.8 Å². The van der Waals surface area contributed by atoms with Gasteiger partial charge in [-0.15, -0.1) is 0 Å². The Kier molecular flexibility index (Phi) is 22.8. The minimum absolute atomic E-state index is 0.0200. The van der Waals surface area contributed by atoms with Crippen LogP contribution in [-0.4, -0.2) is 103 Å². The van der Waals surface area contributed by atoms with Crippen LogP contribution in [0.5, 0.6) is 0 Å². The summed E-state index contributed by atoms with van der Waals surface area (Å²) in [6.07, 6.45) is 9.69. The van der Waals surface area contributed by atoms with E-state index < -0.39 is 84.6 Å². The van der Waals surface area contributed by atoms with Gasteiger partial charge in [-0.3, -0.25) is 28.1 Å². The van der Waals surface area contributed by atoms with Gasteiger partial charge in [0.25, 0.3) is 15.6 Å². The van der Waals surface area contributed by atoms with Crippen LogP contribution in [0.3, 0.4) is 0 Å². The number of hydrogen-bond donors (Lipinski definition) is 5. The molecule has 64 heavy (non-hydrogen) atoms. The number of fused-ring (bicyclic) bond motifs is 1. The molecule has 0 aromatic carbocycles. The molecule has 1 fully saturated rings. The maximum absolute atomic E-state index is 12.6. The summed E-state index contributed by atoms with van der Waals surface area (Å²) in [6, 6.07) is 0. The van der Waals surface area contributed by atoms with Gasteiger partial charge in [0.05, 0.1) is 27.4 Å². The normalized spacial score (nSPS) is 20.7. The van der Waals surface area contributed by atoms with Crippen molar-refractivity contribution < 1.29 is 80.5 Å². The number of hydrogen-bond acceptors (Lipinski definition) is 22. The zero-order valence-electron chi connectivity index (χ0n) is 35.6. The van der Waals surface area contributed by atoms with Crippen LogP contribution in [0.2, 0.25) is 0 Å². The van der Waals surface area contributed by atoms with Crippen molar-refractivity contribution in [3.63, 3.8) is 0 Å². The highest BCUT2D eigenvalue weighted by Gasteiger charge is 2.47. The van der Waals surface area contributed by atoms with E-state index in [9.17, 15) is 57.9 Å². The van der Waals surface area contributed by atoms with Crippen molar-refractivity contribution in [2.75, 3.05) is 37.8 Å². The van der Waals surface area contributed by atoms with Gasteiger partial charge in [-0.1, -0.05) is 76.1 Å². The van der Waals surface area contributed by atoms with E-state index in [2.05, 4.69) is 74.7 Å². The summed E-state index contributed by atoms with van der Waals surface area (Å²) >= 11 is 1.13. The van der Waals surface area contributed by atoms with Crippen LogP contribution in [0.15, 0.2) is 37.0 Å². The van der Waals surface area contributed by atoms with Crippen molar-refractivity contribution in [2.24, 2.45) is 5.41 Å². The van der Waals surface area contributed by atoms with E-state index in [0.29, 0.717) is 12.2 Å². The lowest BCUT2D eigenvalue weighted by Gasteiger charge is -2.36. The fourth-order valence-corrected chi connectivity index (χ4v) is 9.42. The number of thioether (sulfide) groups is 1. The largest absolute Gasteiger partial charge is 0.790 e. The van der Waals surface area contributed by atoms with Crippen LogP contribution in [0.1, 0.15) is 91.2 Å². The third-order valence-electron chi connectivity index (χ3n) is 9.33. The molecule has 2 aromatic heterocycles. The molecule has 0 saturated carbocycles. The first kappa shape index (κ1) is 55.4. The Bertz CT molecular complexity index is 2040. The standard InChI is InChI=1S/C36H60N7O17P3S/c1-4-5-6-7-8-9-10-11-12-13-14-15-16-27(45)64-20-19-38-26(44)17-18-39-34(48)31(47)36(2,3)22-57-63(54,55)60-62(52,53)56-21-25-30(59-61(49,50)51)29(46)35(58-25)43-24-42-28-32(37)40-23-41-33(28)43/h5-6,8-9,23-25,29-31,35,46-47H,4,7,10-22H2,1-3H3,(H,38,44)(H,39,48)(H,52,53)(H,54,55)(H2,37,40,41)(H2,49,50,51)/p-4/b6-5-,9-8-/t25-,29-,30-,31+,35-/m1/s1. The number of phosphoric acid groups is 3. The van der Waals surface area contributed by atoms with Crippen molar-refractivity contribution in [1.29, 1.82) is 0 Å². The van der Waals surface area contributed by atoms with Gasteiger partial charge in [0, 0.05) is 37.1 Å². The zero-order valence-corrected chi connectivity index (χ0v) is 39.1. The van der Waals surface area contributed by atoms with Gasteiger partial charge >= 0.3 is 0 Å². The number of nitrogen functional groups attached to an aromatic ring is 1. The average molecular weight is 984 g/mol. The van der Waals surface area contributed by atoms with Crippen LogP contribution < -0.4 is 35.9 Å². The van der Waals surface area contributed by atoms with Gasteiger partial charge < -0.3 is 69.0 Å². The number of anilines is 1. The molecule has 1 aliphatic rings. The molecule has 3 heterocycles. The maximum atomic E-state index is 12.6. The highest BCUT2D eigenvalue weighted by molar-refractivity contribution is 8.13. The number of aliphatic hydroxyl groups excluding tert-OH is 2. The number of nitrogens with two attached hydrogens (primary N) is 1. The number of aliphatic hydroxyl groups is 2. The van der Waals surface area contributed by atoms with E-state index >= 15 is 0 Å². The molecule has 2 unspecified atom stereocenters. The molecule has 2 amide bonds. The minimum Gasteiger partial charge on any atom is -0.790 e. The summed E-state index contributed by atoms with van der Waals surface area (Å²) in [4.78, 5) is 96.6. The first-order valence-electron chi connectivity index (χ1n) is 20.3. The number of carbonyl (C=O) groups excluding carboxylic acids is 3. The van der Waals surface area contributed by atoms with Crippen molar-refractivity contribution in [3.05, 3.63) is 37.0 Å². The number of rotatable bonds is 30. The molecule has 1 aliphatic heterocycles. The SMILES string of the molecule is CC/C=C\C/C=C\CCCCCCCC(=O)SCCNC(=O)CCNC(=O)[C@H](O)C(C)(C)COP(=O)([O-])OP(=O)([O-])OC[C@H]1O[C@@H](n2cnc3c(N)ncnc32)[C@H](O)[C@@H]1OP(=O)([O-])[O-]. The Hall–Kier alpha value is -2.96. The number of carbonyl (C=O) groups is 3. The van der Waals surface area contributed by atoms with Gasteiger partial charge in [0.1, 0.15) is 36.3 Å². The highest BCUT2D eigenvalue weighted by atomic mass is 32.2. The second kappa shape index (κ2) is 26.4.